The third-order valence-electron chi connectivity index (χ3n) is 3.13. The Bertz CT molecular complexity index is 204. The average Bonchev–Trinajstić information content (AvgIpc) is 3.09. The second-order valence-electron chi connectivity index (χ2n) is 4.67. The molecule has 1 aliphatic rings. The molecule has 1 aliphatic carbocycles. The van der Waals surface area contributed by atoms with Gasteiger partial charge in [0.25, 0.3) is 0 Å². The molecule has 0 atom stereocenters. The van der Waals surface area contributed by atoms with Crippen LogP contribution in [0.25, 0.3) is 0 Å². The lowest BCUT2D eigenvalue weighted by atomic mass is 10.1. The Morgan fingerprint density at radius 3 is 2.50 bits per heavy atom. The van der Waals surface area contributed by atoms with Crippen molar-refractivity contribution in [1.82, 2.24) is 4.90 Å². The zero-order valence-corrected chi connectivity index (χ0v) is 12.0. The molecule has 0 spiro atoms. The first-order valence-corrected chi connectivity index (χ1v) is 7.77. The van der Waals surface area contributed by atoms with Crippen molar-refractivity contribution >= 4 is 21.8 Å². The highest BCUT2D eigenvalue weighted by Gasteiger charge is 2.31. The normalized spacial score (nSPS) is 15.1. The van der Waals surface area contributed by atoms with E-state index in [1.54, 1.807) is 0 Å². The summed E-state index contributed by atoms with van der Waals surface area (Å²) in [5.74, 6) is 0.374. The van der Waals surface area contributed by atoms with Crippen molar-refractivity contribution in [2.24, 2.45) is 0 Å². The summed E-state index contributed by atoms with van der Waals surface area (Å²) in [4.78, 5) is 14.0. The molecule has 0 bridgehead atoms. The van der Waals surface area contributed by atoms with Crippen molar-refractivity contribution in [3.63, 3.8) is 0 Å². The zero-order valence-electron chi connectivity index (χ0n) is 10.4. The molecule has 1 saturated carbocycles. The van der Waals surface area contributed by atoms with Crippen LogP contribution < -0.4 is 0 Å². The number of halogens is 1. The van der Waals surface area contributed by atoms with Gasteiger partial charge in [-0.15, -0.1) is 0 Å². The number of carbonyl (C=O) groups excluding carboxylic acids is 1. The predicted octanol–water partition coefficient (Wildman–Crippen LogP) is 3.73. The van der Waals surface area contributed by atoms with Gasteiger partial charge in [0.2, 0.25) is 5.91 Å². The molecule has 94 valence electrons. The van der Waals surface area contributed by atoms with Gasteiger partial charge in [0.15, 0.2) is 0 Å². The van der Waals surface area contributed by atoms with Gasteiger partial charge >= 0.3 is 0 Å². The minimum Gasteiger partial charge on any atom is -0.339 e. The molecule has 0 N–H and O–H groups in total. The van der Waals surface area contributed by atoms with Crippen LogP contribution in [0, 0.1) is 0 Å². The summed E-state index contributed by atoms with van der Waals surface area (Å²) < 4.78 is 0. The first-order valence-electron chi connectivity index (χ1n) is 6.65. The smallest absolute Gasteiger partial charge is 0.222 e. The van der Waals surface area contributed by atoms with Crippen molar-refractivity contribution in [3.05, 3.63) is 0 Å². The average molecular weight is 290 g/mol. The van der Waals surface area contributed by atoms with E-state index < -0.39 is 0 Å². The molecule has 2 nitrogen and oxygen atoms in total. The lowest BCUT2D eigenvalue weighted by Crippen LogP contribution is -2.34. The standard InChI is InChI=1S/C13H24BrNO/c1-2-3-4-5-6-7-13(16)15(11-10-14)12-8-9-12/h12H,2-11H2,1H3. The molecule has 1 amide bonds. The highest BCUT2D eigenvalue weighted by molar-refractivity contribution is 9.09. The highest BCUT2D eigenvalue weighted by atomic mass is 79.9. The Morgan fingerprint density at radius 1 is 1.25 bits per heavy atom. The first-order chi connectivity index (χ1) is 7.79. The molecular formula is C13H24BrNO. The van der Waals surface area contributed by atoms with Gasteiger partial charge in [0.1, 0.15) is 0 Å². The van der Waals surface area contributed by atoms with Crippen LogP contribution in [-0.4, -0.2) is 28.7 Å². The molecule has 16 heavy (non-hydrogen) atoms. The molecule has 1 rings (SSSR count). The van der Waals surface area contributed by atoms with E-state index in [-0.39, 0.29) is 0 Å². The van der Waals surface area contributed by atoms with Crippen molar-refractivity contribution < 1.29 is 4.79 Å². The molecule has 0 aromatic heterocycles. The number of carbonyl (C=O) groups is 1. The van der Waals surface area contributed by atoms with Gasteiger partial charge in [-0.25, -0.2) is 0 Å². The highest BCUT2D eigenvalue weighted by Crippen LogP contribution is 2.27. The minimum atomic E-state index is 0.374. The van der Waals surface area contributed by atoms with Crippen LogP contribution >= 0.6 is 15.9 Å². The topological polar surface area (TPSA) is 20.3 Å². The summed E-state index contributed by atoms with van der Waals surface area (Å²) in [5.41, 5.74) is 0. The van der Waals surface area contributed by atoms with Gasteiger partial charge in [0, 0.05) is 24.3 Å². The summed E-state index contributed by atoms with van der Waals surface area (Å²) >= 11 is 3.42. The molecule has 0 radical (unpaired) electrons. The second kappa shape index (κ2) is 8.10. The van der Waals surface area contributed by atoms with Crippen LogP contribution in [0.15, 0.2) is 0 Å². The summed E-state index contributed by atoms with van der Waals surface area (Å²) in [6, 6.07) is 0.570. The van der Waals surface area contributed by atoms with E-state index in [0.29, 0.717) is 11.9 Å². The first kappa shape index (κ1) is 14.0. The number of hydrogen-bond donors (Lipinski definition) is 0. The molecule has 0 unspecified atom stereocenters. The van der Waals surface area contributed by atoms with Crippen molar-refractivity contribution in [3.8, 4) is 0 Å². The fraction of sp³-hybridized carbons (Fsp3) is 0.923. The van der Waals surface area contributed by atoms with Crippen LogP contribution in [0.3, 0.4) is 0 Å². The lowest BCUT2D eigenvalue weighted by Gasteiger charge is -2.21. The van der Waals surface area contributed by atoms with E-state index in [2.05, 4.69) is 27.8 Å². The SMILES string of the molecule is CCCCCCCC(=O)N(CCBr)C1CC1. The molecule has 0 heterocycles. The number of nitrogens with zero attached hydrogens (tertiary/aromatic N) is 1. The molecule has 3 heteroatoms. The largest absolute Gasteiger partial charge is 0.339 e. The Labute approximate surface area is 108 Å². The van der Waals surface area contributed by atoms with Crippen molar-refractivity contribution in [1.29, 1.82) is 0 Å². The molecule has 1 fully saturated rings. The van der Waals surface area contributed by atoms with Crippen LogP contribution in [0.5, 0.6) is 0 Å². The third-order valence-corrected chi connectivity index (χ3v) is 3.48. The predicted molar refractivity (Wildman–Crippen MR) is 71.9 cm³/mol. The maximum absolute atomic E-state index is 12.0. The van der Waals surface area contributed by atoms with Gasteiger partial charge in [-0.1, -0.05) is 48.5 Å². The zero-order chi connectivity index (χ0) is 11.8. The lowest BCUT2D eigenvalue weighted by molar-refractivity contribution is -0.131. The summed E-state index contributed by atoms with van der Waals surface area (Å²) in [5, 5.41) is 0.908. The maximum Gasteiger partial charge on any atom is 0.222 e. The van der Waals surface area contributed by atoms with Gasteiger partial charge in [-0.05, 0) is 19.3 Å². The monoisotopic (exact) mass is 289 g/mol. The fourth-order valence-electron chi connectivity index (χ4n) is 2.01. The number of hydrogen-bond acceptors (Lipinski definition) is 1. The molecule has 0 saturated heterocycles. The summed E-state index contributed by atoms with van der Waals surface area (Å²) in [7, 11) is 0. The van der Waals surface area contributed by atoms with Crippen LogP contribution in [0.1, 0.15) is 58.3 Å². The van der Waals surface area contributed by atoms with Crippen LogP contribution in [0.4, 0.5) is 0 Å². The van der Waals surface area contributed by atoms with E-state index in [4.69, 9.17) is 0 Å². The van der Waals surface area contributed by atoms with E-state index in [0.717, 1.165) is 24.7 Å². The minimum absolute atomic E-state index is 0.374. The summed E-state index contributed by atoms with van der Waals surface area (Å²) in [6.45, 7) is 3.11. The van der Waals surface area contributed by atoms with E-state index in [9.17, 15) is 4.79 Å². The van der Waals surface area contributed by atoms with Crippen LogP contribution in [0.2, 0.25) is 0 Å². The van der Waals surface area contributed by atoms with Gasteiger partial charge in [-0.3, -0.25) is 4.79 Å². The number of alkyl halides is 1. The van der Waals surface area contributed by atoms with Crippen LogP contribution in [-0.2, 0) is 4.79 Å². The van der Waals surface area contributed by atoms with Gasteiger partial charge in [-0.2, -0.15) is 0 Å². The molecule has 0 aromatic rings. The van der Waals surface area contributed by atoms with Crippen molar-refractivity contribution in [2.45, 2.75) is 64.3 Å². The number of unbranched alkanes of at least 4 members (excludes halogenated alkanes) is 4. The van der Waals surface area contributed by atoms with E-state index in [1.165, 1.54) is 38.5 Å². The Kier molecular flexibility index (Phi) is 7.10. The number of rotatable bonds is 9. The van der Waals surface area contributed by atoms with Gasteiger partial charge < -0.3 is 4.90 Å². The quantitative estimate of drug-likeness (QED) is 0.468. The molecular weight excluding hydrogens is 266 g/mol. The van der Waals surface area contributed by atoms with Crippen molar-refractivity contribution in [2.75, 3.05) is 11.9 Å². The Balaban J connectivity index is 2.11. The summed E-state index contributed by atoms with van der Waals surface area (Å²) in [6.07, 6.45) is 9.34. The molecule has 0 aliphatic heterocycles. The van der Waals surface area contributed by atoms with E-state index >= 15 is 0 Å². The Morgan fingerprint density at radius 2 is 1.94 bits per heavy atom. The Hall–Kier alpha value is -0.0500. The maximum atomic E-state index is 12.0. The third kappa shape index (κ3) is 5.33. The van der Waals surface area contributed by atoms with Gasteiger partial charge in [0.05, 0.1) is 0 Å². The van der Waals surface area contributed by atoms with E-state index in [1.807, 2.05) is 0 Å². The molecule has 0 aromatic carbocycles. The second-order valence-corrected chi connectivity index (χ2v) is 5.46. The number of amides is 1. The fourth-order valence-corrected chi connectivity index (χ4v) is 2.39.